The van der Waals surface area contributed by atoms with Crippen LogP contribution in [-0.4, -0.2) is 31.1 Å². The van der Waals surface area contributed by atoms with Crippen LogP contribution in [0, 0.1) is 17.7 Å². The van der Waals surface area contributed by atoms with Crippen molar-refractivity contribution >= 4 is 0 Å². The van der Waals surface area contributed by atoms with Gasteiger partial charge in [0.25, 0.3) is 0 Å². The van der Waals surface area contributed by atoms with Crippen LogP contribution in [-0.2, 0) is 0 Å². The Bertz CT molecular complexity index is 433. The van der Waals surface area contributed by atoms with Gasteiger partial charge in [0.2, 0.25) is 0 Å². The summed E-state index contributed by atoms with van der Waals surface area (Å²) in [7, 11) is 0. The Balaban J connectivity index is 1.53. The fourth-order valence-corrected chi connectivity index (χ4v) is 3.46. The van der Waals surface area contributed by atoms with E-state index in [0.717, 1.165) is 18.4 Å². The van der Waals surface area contributed by atoms with Crippen LogP contribution in [0.4, 0.5) is 4.39 Å². The number of piperidine rings is 1. The zero-order valence-corrected chi connectivity index (χ0v) is 13.0. The lowest BCUT2D eigenvalue weighted by Gasteiger charge is -2.32. The van der Waals surface area contributed by atoms with E-state index in [4.69, 9.17) is 0 Å². The van der Waals surface area contributed by atoms with Crippen molar-refractivity contribution in [1.82, 2.24) is 10.2 Å². The van der Waals surface area contributed by atoms with Gasteiger partial charge in [0.15, 0.2) is 0 Å². The van der Waals surface area contributed by atoms with Crippen LogP contribution in [0.25, 0.3) is 0 Å². The minimum Gasteiger partial charge on any atom is -0.309 e. The van der Waals surface area contributed by atoms with Gasteiger partial charge in [0.1, 0.15) is 5.82 Å². The van der Waals surface area contributed by atoms with Crippen molar-refractivity contribution in [2.24, 2.45) is 11.8 Å². The van der Waals surface area contributed by atoms with Crippen molar-refractivity contribution in [2.45, 2.75) is 38.6 Å². The molecule has 3 heteroatoms. The highest BCUT2D eigenvalue weighted by molar-refractivity contribution is 5.22. The average Bonchev–Trinajstić information content (AvgIpc) is 3.35. The maximum Gasteiger partial charge on any atom is 0.123 e. The van der Waals surface area contributed by atoms with Crippen molar-refractivity contribution in [1.29, 1.82) is 0 Å². The van der Waals surface area contributed by atoms with Crippen LogP contribution in [0.5, 0.6) is 0 Å². The first-order valence-corrected chi connectivity index (χ1v) is 8.47. The molecule has 1 N–H and O–H groups in total. The van der Waals surface area contributed by atoms with E-state index in [1.807, 2.05) is 12.1 Å². The van der Waals surface area contributed by atoms with Gasteiger partial charge in [-0.2, -0.15) is 0 Å². The van der Waals surface area contributed by atoms with E-state index in [9.17, 15) is 4.39 Å². The van der Waals surface area contributed by atoms with E-state index in [-0.39, 0.29) is 5.82 Å². The lowest BCUT2D eigenvalue weighted by molar-refractivity contribution is 0.186. The van der Waals surface area contributed by atoms with Crippen molar-refractivity contribution in [3.8, 4) is 0 Å². The molecule has 1 saturated carbocycles. The largest absolute Gasteiger partial charge is 0.309 e. The molecule has 1 aliphatic carbocycles. The topological polar surface area (TPSA) is 15.3 Å². The molecular weight excluding hydrogens is 263 g/mol. The van der Waals surface area contributed by atoms with E-state index in [1.54, 1.807) is 12.1 Å². The highest BCUT2D eigenvalue weighted by Crippen LogP contribution is 2.41. The van der Waals surface area contributed by atoms with Gasteiger partial charge in [-0.3, -0.25) is 0 Å². The average molecular weight is 290 g/mol. The molecule has 3 rings (SSSR count). The Morgan fingerprint density at radius 3 is 2.38 bits per heavy atom. The Labute approximate surface area is 127 Å². The molecule has 2 fully saturated rings. The molecule has 2 nitrogen and oxygen atoms in total. The summed E-state index contributed by atoms with van der Waals surface area (Å²) in [4.78, 5) is 2.54. The second kappa shape index (κ2) is 6.89. The summed E-state index contributed by atoms with van der Waals surface area (Å²) < 4.78 is 13.1. The molecule has 1 unspecified atom stereocenters. The molecule has 1 heterocycles. The Morgan fingerprint density at radius 2 is 1.81 bits per heavy atom. The molecule has 1 atom stereocenters. The standard InChI is InChI=1S/C18H27FN2/c1-2-21-11-9-14(10-12-21)13-20-18(15-3-4-15)16-5-7-17(19)8-6-16/h5-8,14-15,18,20H,2-4,9-13H2,1H3. The van der Waals surface area contributed by atoms with Crippen molar-refractivity contribution in [2.75, 3.05) is 26.2 Å². The Morgan fingerprint density at radius 1 is 1.14 bits per heavy atom. The zero-order chi connectivity index (χ0) is 14.7. The van der Waals surface area contributed by atoms with Gasteiger partial charge in [0, 0.05) is 6.04 Å². The fraction of sp³-hybridized carbons (Fsp3) is 0.667. The highest BCUT2D eigenvalue weighted by atomic mass is 19.1. The van der Waals surface area contributed by atoms with Gasteiger partial charge in [-0.15, -0.1) is 0 Å². The lowest BCUT2D eigenvalue weighted by atomic mass is 9.95. The first-order valence-electron chi connectivity index (χ1n) is 8.47. The predicted molar refractivity (Wildman–Crippen MR) is 84.7 cm³/mol. The van der Waals surface area contributed by atoms with Gasteiger partial charge >= 0.3 is 0 Å². The Kier molecular flexibility index (Phi) is 4.91. The van der Waals surface area contributed by atoms with E-state index < -0.39 is 0 Å². The highest BCUT2D eigenvalue weighted by Gasteiger charge is 2.32. The van der Waals surface area contributed by atoms with E-state index >= 15 is 0 Å². The first-order chi connectivity index (χ1) is 10.3. The number of nitrogens with one attached hydrogen (secondary N) is 1. The molecule has 0 spiro atoms. The summed E-state index contributed by atoms with van der Waals surface area (Å²) in [6.45, 7) is 7.02. The molecule has 0 bridgehead atoms. The summed E-state index contributed by atoms with van der Waals surface area (Å²) in [6, 6.07) is 7.50. The molecule has 1 aromatic rings. The number of hydrogen-bond donors (Lipinski definition) is 1. The number of hydrogen-bond acceptors (Lipinski definition) is 2. The maximum atomic E-state index is 13.1. The summed E-state index contributed by atoms with van der Waals surface area (Å²) in [5.41, 5.74) is 1.25. The molecule has 0 aromatic heterocycles. The Hall–Kier alpha value is -0.930. The molecule has 1 aliphatic heterocycles. The SMILES string of the molecule is CCN1CCC(CNC(c2ccc(F)cc2)C2CC2)CC1. The third kappa shape index (κ3) is 4.04. The van der Waals surface area contributed by atoms with Crippen LogP contribution in [0.15, 0.2) is 24.3 Å². The van der Waals surface area contributed by atoms with Crippen LogP contribution in [0.3, 0.4) is 0 Å². The minimum atomic E-state index is -0.139. The number of rotatable bonds is 6. The smallest absolute Gasteiger partial charge is 0.123 e. The van der Waals surface area contributed by atoms with Gasteiger partial charge < -0.3 is 10.2 Å². The fourth-order valence-electron chi connectivity index (χ4n) is 3.46. The molecule has 0 radical (unpaired) electrons. The molecule has 0 amide bonds. The van der Waals surface area contributed by atoms with E-state index in [1.165, 1.54) is 50.9 Å². The maximum absolute atomic E-state index is 13.1. The number of halogens is 1. The first kappa shape index (κ1) is 15.0. The second-order valence-corrected chi connectivity index (χ2v) is 6.65. The zero-order valence-electron chi connectivity index (χ0n) is 13.0. The normalized spacial score (nSPS) is 22.4. The van der Waals surface area contributed by atoms with Gasteiger partial charge in [-0.05, 0) is 81.4 Å². The van der Waals surface area contributed by atoms with Gasteiger partial charge in [-0.1, -0.05) is 19.1 Å². The van der Waals surface area contributed by atoms with Crippen LogP contribution < -0.4 is 5.32 Å². The summed E-state index contributed by atoms with van der Waals surface area (Å²) in [5.74, 6) is 1.42. The number of nitrogens with zero attached hydrogens (tertiary/aromatic N) is 1. The van der Waals surface area contributed by atoms with Crippen LogP contribution >= 0.6 is 0 Å². The molecule has 1 saturated heterocycles. The number of likely N-dealkylation sites (tertiary alicyclic amines) is 1. The molecule has 2 aliphatic rings. The lowest BCUT2D eigenvalue weighted by Crippen LogP contribution is -2.38. The third-order valence-corrected chi connectivity index (χ3v) is 5.10. The molecule has 21 heavy (non-hydrogen) atoms. The minimum absolute atomic E-state index is 0.139. The molecule has 1 aromatic carbocycles. The predicted octanol–water partition coefficient (Wildman–Crippen LogP) is 3.60. The summed E-state index contributed by atoms with van der Waals surface area (Å²) >= 11 is 0. The van der Waals surface area contributed by atoms with Gasteiger partial charge in [0.05, 0.1) is 0 Å². The van der Waals surface area contributed by atoms with E-state index in [0.29, 0.717) is 6.04 Å². The quantitative estimate of drug-likeness (QED) is 0.861. The summed E-state index contributed by atoms with van der Waals surface area (Å²) in [5, 5.41) is 3.78. The summed E-state index contributed by atoms with van der Waals surface area (Å²) in [6.07, 6.45) is 5.23. The third-order valence-electron chi connectivity index (χ3n) is 5.10. The van der Waals surface area contributed by atoms with Crippen molar-refractivity contribution in [3.05, 3.63) is 35.6 Å². The van der Waals surface area contributed by atoms with Crippen molar-refractivity contribution in [3.63, 3.8) is 0 Å². The van der Waals surface area contributed by atoms with Gasteiger partial charge in [-0.25, -0.2) is 4.39 Å². The monoisotopic (exact) mass is 290 g/mol. The number of benzene rings is 1. The van der Waals surface area contributed by atoms with Crippen LogP contribution in [0.2, 0.25) is 0 Å². The molecular formula is C18H27FN2. The second-order valence-electron chi connectivity index (χ2n) is 6.65. The van der Waals surface area contributed by atoms with Crippen LogP contribution in [0.1, 0.15) is 44.2 Å². The van der Waals surface area contributed by atoms with E-state index in [2.05, 4.69) is 17.1 Å². The van der Waals surface area contributed by atoms with Crippen molar-refractivity contribution < 1.29 is 4.39 Å². The molecule has 116 valence electrons.